The summed E-state index contributed by atoms with van der Waals surface area (Å²) in [6.45, 7) is 2.37. The number of H-pyrrole nitrogens is 1. The molecule has 0 aliphatic carbocycles. The van der Waals surface area contributed by atoms with Crippen molar-refractivity contribution in [1.29, 1.82) is 0 Å². The highest BCUT2D eigenvalue weighted by molar-refractivity contribution is 8.09. The van der Waals surface area contributed by atoms with Gasteiger partial charge in [0.15, 0.2) is 6.23 Å². The Kier molecular flexibility index (Phi) is 9.52. The largest absolute Gasteiger partial charge is 0.497 e. The van der Waals surface area contributed by atoms with Crippen LogP contribution in [0.2, 0.25) is 0 Å². The lowest BCUT2D eigenvalue weighted by atomic mass is 9.96. The molecule has 3 rings (SSSR count). The van der Waals surface area contributed by atoms with Crippen LogP contribution in [-0.4, -0.2) is 69.4 Å². The zero-order valence-corrected chi connectivity index (χ0v) is 23.2. The van der Waals surface area contributed by atoms with Gasteiger partial charge in [-0.05, 0) is 63.8 Å². The molecule has 4 N–H and O–H groups in total. The number of esters is 1. The fourth-order valence-corrected chi connectivity index (χ4v) is 6.07. The number of aromatic amines is 1. The number of aromatic nitrogens is 2. The summed E-state index contributed by atoms with van der Waals surface area (Å²) in [4.78, 5) is 38.2. The second-order valence-corrected chi connectivity index (χ2v) is 12.2. The summed E-state index contributed by atoms with van der Waals surface area (Å²) in [7, 11) is 1.52. The summed E-state index contributed by atoms with van der Waals surface area (Å²) in [5.74, 6) is 0.332. The number of ether oxygens (including phenoxy) is 3. The van der Waals surface area contributed by atoms with E-state index in [2.05, 4.69) is 10.1 Å². The van der Waals surface area contributed by atoms with Crippen LogP contribution in [0, 0.1) is 0 Å². The van der Waals surface area contributed by atoms with E-state index in [9.17, 15) is 24.6 Å². The van der Waals surface area contributed by atoms with Crippen LogP contribution in [0.5, 0.6) is 11.5 Å². The molecule has 38 heavy (non-hydrogen) atoms. The summed E-state index contributed by atoms with van der Waals surface area (Å²) in [6, 6.07) is 6.68. The Morgan fingerprint density at radius 3 is 2.45 bits per heavy atom. The molecule has 13 nitrogen and oxygen atoms in total. The highest BCUT2D eigenvalue weighted by Gasteiger charge is 2.53. The van der Waals surface area contributed by atoms with Gasteiger partial charge in [-0.3, -0.25) is 19.1 Å². The van der Waals surface area contributed by atoms with Crippen LogP contribution in [0.1, 0.15) is 33.9 Å². The van der Waals surface area contributed by atoms with Crippen molar-refractivity contribution >= 4 is 24.4 Å². The van der Waals surface area contributed by atoms with Crippen molar-refractivity contribution in [3.63, 3.8) is 0 Å². The van der Waals surface area contributed by atoms with E-state index in [-0.39, 0.29) is 12.7 Å². The van der Waals surface area contributed by atoms with Crippen molar-refractivity contribution in [2.24, 2.45) is 0 Å². The molecule has 1 aromatic carbocycles. The molecule has 210 valence electrons. The van der Waals surface area contributed by atoms with Gasteiger partial charge in [0, 0.05) is 12.3 Å². The van der Waals surface area contributed by atoms with Gasteiger partial charge in [0.2, 0.25) is 0 Å². The van der Waals surface area contributed by atoms with E-state index in [1.54, 1.807) is 38.1 Å². The standard InChI is InChI=1S/C23H32N3O10PS/c1-13(2)34-20(29)14(3)25-37(38,36-16-8-6-15(32-5)7-9-16)33-12-17-19(28)23(4,31)21(35-17)26-11-10-18(27)24-22(26)30/h6-11,13-14,17,19,21,28,31H,12H2,1-5H3,(H,25,38)(H,24,27,30)/t14?,17-,19-,21-,23-,37?/m1/s1. The number of methoxy groups -OCH3 is 1. The van der Waals surface area contributed by atoms with Gasteiger partial charge in [-0.15, -0.1) is 0 Å². The van der Waals surface area contributed by atoms with Crippen LogP contribution in [0.4, 0.5) is 0 Å². The molecule has 1 fully saturated rings. The zero-order valence-electron chi connectivity index (χ0n) is 21.5. The second-order valence-electron chi connectivity index (χ2n) is 9.11. The molecule has 0 radical (unpaired) electrons. The number of nitrogens with zero attached hydrogens (tertiary/aromatic N) is 1. The average Bonchev–Trinajstić information content (AvgIpc) is 3.06. The van der Waals surface area contributed by atoms with Crippen molar-refractivity contribution in [2.75, 3.05) is 13.7 Å². The number of carbonyl (C=O) groups excluding carboxylic acids is 1. The molecule has 0 amide bonds. The van der Waals surface area contributed by atoms with Gasteiger partial charge in [-0.2, -0.15) is 0 Å². The van der Waals surface area contributed by atoms with Crippen LogP contribution in [-0.2, 0) is 30.6 Å². The SMILES string of the molecule is COc1ccc(OP(=S)(NC(C)C(=O)OC(C)C)OC[C@H]2O[C@@H](n3ccc(=O)[nH]c3=O)[C@](C)(O)[C@@H]2O)cc1. The maximum Gasteiger partial charge on any atom is 0.330 e. The van der Waals surface area contributed by atoms with Gasteiger partial charge < -0.3 is 33.5 Å². The van der Waals surface area contributed by atoms with Crippen molar-refractivity contribution < 1.29 is 38.3 Å². The number of aliphatic hydroxyl groups excluding tert-OH is 1. The monoisotopic (exact) mass is 573 g/mol. The van der Waals surface area contributed by atoms with Gasteiger partial charge in [0.25, 0.3) is 5.56 Å². The maximum absolute atomic E-state index is 12.4. The summed E-state index contributed by atoms with van der Waals surface area (Å²) < 4.78 is 29.0. The van der Waals surface area contributed by atoms with E-state index in [0.29, 0.717) is 11.5 Å². The Morgan fingerprint density at radius 2 is 1.87 bits per heavy atom. The second kappa shape index (κ2) is 12.1. The van der Waals surface area contributed by atoms with E-state index in [4.69, 9.17) is 35.1 Å². The Hall–Kier alpha value is -2.58. The maximum atomic E-state index is 12.4. The van der Waals surface area contributed by atoms with Crippen LogP contribution in [0.15, 0.2) is 46.1 Å². The number of rotatable bonds is 11. The van der Waals surface area contributed by atoms with E-state index < -0.39 is 53.9 Å². The molecular weight excluding hydrogens is 541 g/mol. The van der Waals surface area contributed by atoms with Crippen LogP contribution in [0.25, 0.3) is 0 Å². The van der Waals surface area contributed by atoms with Crippen molar-refractivity contribution in [2.45, 2.75) is 63.9 Å². The van der Waals surface area contributed by atoms with Gasteiger partial charge in [0.1, 0.15) is 35.3 Å². The van der Waals surface area contributed by atoms with Crippen LogP contribution >= 0.6 is 6.64 Å². The first kappa shape index (κ1) is 30.0. The molecule has 1 saturated heterocycles. The number of benzene rings is 1. The average molecular weight is 574 g/mol. The van der Waals surface area contributed by atoms with E-state index in [0.717, 1.165) is 16.8 Å². The molecule has 2 aromatic rings. The third kappa shape index (κ3) is 7.08. The lowest BCUT2D eigenvalue weighted by molar-refractivity contribution is -0.149. The predicted octanol–water partition coefficient (Wildman–Crippen LogP) is 0.804. The summed E-state index contributed by atoms with van der Waals surface area (Å²) in [5.41, 5.74) is -3.39. The van der Waals surface area contributed by atoms with E-state index in [1.165, 1.54) is 21.0 Å². The third-order valence-corrected chi connectivity index (χ3v) is 8.11. The zero-order chi connectivity index (χ0) is 28.3. The van der Waals surface area contributed by atoms with E-state index in [1.807, 2.05) is 0 Å². The van der Waals surface area contributed by atoms with Crippen molar-refractivity contribution in [3.05, 3.63) is 57.4 Å². The molecule has 0 saturated carbocycles. The quantitative estimate of drug-likeness (QED) is 0.221. The molecule has 1 aromatic heterocycles. The molecule has 15 heteroatoms. The first-order valence-electron chi connectivity index (χ1n) is 11.7. The number of aliphatic hydroxyl groups is 2. The van der Waals surface area contributed by atoms with Gasteiger partial charge in [-0.25, -0.2) is 9.88 Å². The fourth-order valence-electron chi connectivity index (χ4n) is 3.65. The lowest BCUT2D eigenvalue weighted by Crippen LogP contribution is -2.47. The predicted molar refractivity (Wildman–Crippen MR) is 140 cm³/mol. The van der Waals surface area contributed by atoms with Gasteiger partial charge in [-0.1, -0.05) is 0 Å². The Balaban J connectivity index is 1.81. The number of carbonyl (C=O) groups is 1. The molecule has 2 heterocycles. The molecule has 2 unspecified atom stereocenters. The first-order chi connectivity index (χ1) is 17.8. The number of hydrogen-bond acceptors (Lipinski definition) is 11. The minimum Gasteiger partial charge on any atom is -0.497 e. The normalized spacial score (nSPS) is 25.5. The lowest BCUT2D eigenvalue weighted by Gasteiger charge is -2.28. The Morgan fingerprint density at radius 1 is 1.24 bits per heavy atom. The molecule has 1 aliphatic rings. The molecule has 0 spiro atoms. The number of hydrogen-bond donors (Lipinski definition) is 4. The number of nitrogens with one attached hydrogen (secondary N) is 2. The fraction of sp³-hybridized carbons (Fsp3) is 0.522. The third-order valence-electron chi connectivity index (χ3n) is 5.61. The minimum absolute atomic E-state index is 0.323. The van der Waals surface area contributed by atoms with Crippen molar-refractivity contribution in [1.82, 2.24) is 14.6 Å². The topological polar surface area (TPSA) is 171 Å². The van der Waals surface area contributed by atoms with Crippen molar-refractivity contribution in [3.8, 4) is 11.5 Å². The molecule has 1 aliphatic heterocycles. The van der Waals surface area contributed by atoms with Gasteiger partial charge >= 0.3 is 18.3 Å². The molecule has 0 bridgehead atoms. The van der Waals surface area contributed by atoms with E-state index >= 15 is 0 Å². The first-order valence-corrected chi connectivity index (χ1v) is 14.3. The molecular formula is C23H32N3O10PS. The summed E-state index contributed by atoms with van der Waals surface area (Å²) in [6.07, 6.45) is -3.22. The summed E-state index contributed by atoms with van der Waals surface area (Å²) >= 11 is 5.66. The smallest absolute Gasteiger partial charge is 0.330 e. The Bertz CT molecular complexity index is 1280. The highest BCUT2D eigenvalue weighted by Crippen LogP contribution is 2.47. The van der Waals surface area contributed by atoms with Gasteiger partial charge in [0.05, 0.1) is 19.8 Å². The highest BCUT2D eigenvalue weighted by atomic mass is 32.5. The van der Waals surface area contributed by atoms with Crippen LogP contribution in [0.3, 0.4) is 0 Å². The summed E-state index contributed by atoms with van der Waals surface area (Å²) in [5, 5.41) is 24.6. The van der Waals surface area contributed by atoms with Crippen LogP contribution < -0.4 is 25.6 Å². The minimum atomic E-state index is -3.49. The molecule has 6 atom stereocenters. The Labute approximate surface area is 223 Å².